The second-order valence-electron chi connectivity index (χ2n) is 3.59. The van der Waals surface area contributed by atoms with Crippen LogP contribution in [0.3, 0.4) is 0 Å². The van der Waals surface area contributed by atoms with Gasteiger partial charge >= 0.3 is 0 Å². The third-order valence-corrected chi connectivity index (χ3v) is 2.45. The zero-order valence-corrected chi connectivity index (χ0v) is 10.8. The summed E-state index contributed by atoms with van der Waals surface area (Å²) in [7, 11) is 0. The zero-order chi connectivity index (χ0) is 12.3. The van der Waals surface area contributed by atoms with Gasteiger partial charge < -0.3 is 14.4 Å². The van der Waals surface area contributed by atoms with Crippen LogP contribution in [-0.4, -0.2) is 44.5 Å². The van der Waals surface area contributed by atoms with Crippen molar-refractivity contribution < 1.29 is 9.47 Å². The monoisotopic (exact) mass is 238 g/mol. The van der Waals surface area contributed by atoms with E-state index in [-0.39, 0.29) is 0 Å². The van der Waals surface area contributed by atoms with Gasteiger partial charge in [0, 0.05) is 44.4 Å². The van der Waals surface area contributed by atoms with Crippen LogP contribution in [0.2, 0.25) is 0 Å². The lowest BCUT2D eigenvalue weighted by Gasteiger charge is -2.24. The van der Waals surface area contributed by atoms with Gasteiger partial charge in [-0.3, -0.25) is 4.98 Å². The van der Waals surface area contributed by atoms with Crippen molar-refractivity contribution in [3.8, 4) is 0 Å². The van der Waals surface area contributed by atoms with Crippen molar-refractivity contribution in [3.63, 3.8) is 0 Å². The highest BCUT2D eigenvalue weighted by atomic mass is 16.5. The predicted molar refractivity (Wildman–Crippen MR) is 69.4 cm³/mol. The molecule has 0 atom stereocenters. The van der Waals surface area contributed by atoms with Crippen LogP contribution in [0.1, 0.15) is 13.8 Å². The van der Waals surface area contributed by atoms with Crippen LogP contribution in [0.25, 0.3) is 0 Å². The SMILES string of the molecule is CCOCCN(CCOCC)c1ccncc1. The Labute approximate surface area is 104 Å². The van der Waals surface area contributed by atoms with Crippen LogP contribution in [0.5, 0.6) is 0 Å². The molecule has 0 aliphatic rings. The average molecular weight is 238 g/mol. The van der Waals surface area contributed by atoms with E-state index in [1.807, 2.05) is 38.4 Å². The number of aromatic nitrogens is 1. The van der Waals surface area contributed by atoms with Crippen molar-refractivity contribution in [2.45, 2.75) is 13.8 Å². The molecule has 17 heavy (non-hydrogen) atoms. The van der Waals surface area contributed by atoms with Crippen LogP contribution in [0.4, 0.5) is 5.69 Å². The lowest BCUT2D eigenvalue weighted by atomic mass is 10.3. The highest BCUT2D eigenvalue weighted by Gasteiger charge is 2.05. The molecule has 0 aliphatic heterocycles. The Balaban J connectivity index is 2.46. The largest absolute Gasteiger partial charge is 0.380 e. The van der Waals surface area contributed by atoms with Crippen molar-refractivity contribution in [2.75, 3.05) is 44.4 Å². The molecule has 0 saturated carbocycles. The summed E-state index contributed by atoms with van der Waals surface area (Å²) in [5.74, 6) is 0. The number of hydrogen-bond acceptors (Lipinski definition) is 4. The molecule has 0 radical (unpaired) electrons. The molecule has 0 bridgehead atoms. The highest BCUT2D eigenvalue weighted by molar-refractivity contribution is 5.44. The molecule has 0 amide bonds. The van der Waals surface area contributed by atoms with E-state index in [1.165, 1.54) is 5.69 Å². The summed E-state index contributed by atoms with van der Waals surface area (Å²) in [5, 5.41) is 0. The van der Waals surface area contributed by atoms with Crippen molar-refractivity contribution in [1.29, 1.82) is 0 Å². The van der Waals surface area contributed by atoms with Gasteiger partial charge in [0.1, 0.15) is 0 Å². The van der Waals surface area contributed by atoms with Gasteiger partial charge in [-0.2, -0.15) is 0 Å². The molecule has 4 nitrogen and oxygen atoms in total. The molecule has 4 heteroatoms. The normalized spacial score (nSPS) is 10.5. The summed E-state index contributed by atoms with van der Waals surface area (Å²) in [4.78, 5) is 6.29. The highest BCUT2D eigenvalue weighted by Crippen LogP contribution is 2.11. The van der Waals surface area contributed by atoms with E-state index >= 15 is 0 Å². The Hall–Kier alpha value is -1.13. The number of hydrogen-bond donors (Lipinski definition) is 0. The lowest BCUT2D eigenvalue weighted by Crippen LogP contribution is -2.31. The van der Waals surface area contributed by atoms with Crippen LogP contribution < -0.4 is 4.90 Å². The molecule has 0 fully saturated rings. The van der Waals surface area contributed by atoms with Crippen molar-refractivity contribution in [2.24, 2.45) is 0 Å². The first-order valence-corrected chi connectivity index (χ1v) is 6.19. The van der Waals surface area contributed by atoms with Gasteiger partial charge in [-0.25, -0.2) is 0 Å². The van der Waals surface area contributed by atoms with E-state index in [4.69, 9.17) is 9.47 Å². The van der Waals surface area contributed by atoms with Crippen LogP contribution >= 0.6 is 0 Å². The fourth-order valence-electron chi connectivity index (χ4n) is 1.56. The van der Waals surface area contributed by atoms with Crippen molar-refractivity contribution in [1.82, 2.24) is 4.98 Å². The molecule has 0 aliphatic carbocycles. The molecule has 1 aromatic rings. The number of anilines is 1. The van der Waals surface area contributed by atoms with Crippen LogP contribution in [0.15, 0.2) is 24.5 Å². The number of rotatable bonds is 9. The quantitative estimate of drug-likeness (QED) is 0.616. The number of ether oxygens (including phenoxy) is 2. The maximum Gasteiger partial charge on any atom is 0.0641 e. The summed E-state index contributed by atoms with van der Waals surface area (Å²) >= 11 is 0. The van der Waals surface area contributed by atoms with Gasteiger partial charge in [0.15, 0.2) is 0 Å². The minimum Gasteiger partial charge on any atom is -0.380 e. The molecule has 0 unspecified atom stereocenters. The van der Waals surface area contributed by atoms with E-state index in [0.29, 0.717) is 0 Å². The number of pyridine rings is 1. The minimum absolute atomic E-state index is 0.741. The molecule has 1 aromatic heterocycles. The minimum atomic E-state index is 0.741. The third-order valence-electron chi connectivity index (χ3n) is 2.45. The molecule has 1 rings (SSSR count). The van der Waals surface area contributed by atoms with Gasteiger partial charge in [-0.15, -0.1) is 0 Å². The first-order valence-electron chi connectivity index (χ1n) is 6.19. The lowest BCUT2D eigenvalue weighted by molar-refractivity contribution is 0.141. The topological polar surface area (TPSA) is 34.6 Å². The molecule has 0 aromatic carbocycles. The molecule has 0 saturated heterocycles. The number of nitrogens with zero attached hydrogens (tertiary/aromatic N) is 2. The average Bonchev–Trinajstić information content (AvgIpc) is 2.38. The van der Waals surface area contributed by atoms with Gasteiger partial charge in [0.05, 0.1) is 13.2 Å². The van der Waals surface area contributed by atoms with Gasteiger partial charge in [0.25, 0.3) is 0 Å². The van der Waals surface area contributed by atoms with Crippen LogP contribution in [0, 0.1) is 0 Å². The fraction of sp³-hybridized carbons (Fsp3) is 0.615. The molecule has 0 spiro atoms. The van der Waals surface area contributed by atoms with Crippen molar-refractivity contribution >= 4 is 5.69 Å². The van der Waals surface area contributed by atoms with Crippen LogP contribution in [-0.2, 0) is 9.47 Å². The first kappa shape index (κ1) is 13.9. The Kier molecular flexibility index (Phi) is 7.34. The summed E-state index contributed by atoms with van der Waals surface area (Å²) in [5.41, 5.74) is 1.17. The molecule has 1 heterocycles. The summed E-state index contributed by atoms with van der Waals surface area (Å²) in [6, 6.07) is 4.02. The second kappa shape index (κ2) is 8.96. The second-order valence-corrected chi connectivity index (χ2v) is 3.59. The summed E-state index contributed by atoms with van der Waals surface area (Å²) < 4.78 is 10.8. The predicted octanol–water partition coefficient (Wildman–Crippen LogP) is 1.96. The smallest absolute Gasteiger partial charge is 0.0641 e. The first-order chi connectivity index (χ1) is 8.38. The van der Waals surface area contributed by atoms with Gasteiger partial charge in [-0.1, -0.05) is 0 Å². The molecule has 96 valence electrons. The molecular formula is C13H22N2O2. The standard InChI is InChI=1S/C13H22N2O2/c1-3-16-11-9-15(10-12-17-4-2)13-5-7-14-8-6-13/h5-8H,3-4,9-12H2,1-2H3. The van der Waals surface area contributed by atoms with E-state index in [1.54, 1.807) is 0 Å². The third kappa shape index (κ3) is 5.65. The van der Waals surface area contributed by atoms with E-state index in [2.05, 4.69) is 9.88 Å². The van der Waals surface area contributed by atoms with Crippen molar-refractivity contribution in [3.05, 3.63) is 24.5 Å². The maximum atomic E-state index is 5.39. The maximum absolute atomic E-state index is 5.39. The summed E-state index contributed by atoms with van der Waals surface area (Å²) in [6.07, 6.45) is 3.62. The van der Waals surface area contributed by atoms with Gasteiger partial charge in [-0.05, 0) is 26.0 Å². The molecule has 0 N–H and O–H groups in total. The van der Waals surface area contributed by atoms with E-state index in [9.17, 15) is 0 Å². The van der Waals surface area contributed by atoms with E-state index < -0.39 is 0 Å². The fourth-order valence-corrected chi connectivity index (χ4v) is 1.56. The Morgan fingerprint density at radius 2 is 1.53 bits per heavy atom. The Morgan fingerprint density at radius 3 is 2.00 bits per heavy atom. The van der Waals surface area contributed by atoms with Gasteiger partial charge in [0.2, 0.25) is 0 Å². The Bertz CT molecular complexity index is 270. The molecular weight excluding hydrogens is 216 g/mol. The summed E-state index contributed by atoms with van der Waals surface area (Å²) in [6.45, 7) is 8.78. The zero-order valence-electron chi connectivity index (χ0n) is 10.8. The van der Waals surface area contributed by atoms with E-state index in [0.717, 1.165) is 39.5 Å². The Morgan fingerprint density at radius 1 is 1.00 bits per heavy atom.